The SMILES string of the molecule is COC(=O)COc1ccc([C@H](CC(=O)OC)c2oc(CN3CCCCC3)cc(=O)c2O)cc1OC. The normalized spacial score (nSPS) is 14.7. The highest BCUT2D eigenvalue weighted by Crippen LogP contribution is 2.38. The van der Waals surface area contributed by atoms with E-state index in [1.807, 2.05) is 0 Å². The van der Waals surface area contributed by atoms with Gasteiger partial charge in [-0.2, -0.15) is 0 Å². The third-order valence-corrected chi connectivity index (χ3v) is 5.91. The minimum atomic E-state index is -0.833. The second-order valence-electron chi connectivity index (χ2n) is 8.23. The van der Waals surface area contributed by atoms with Crippen molar-refractivity contribution >= 4 is 11.9 Å². The minimum Gasteiger partial charge on any atom is -0.502 e. The fraction of sp³-hybridized carbons (Fsp3) is 0.480. The van der Waals surface area contributed by atoms with Crippen molar-refractivity contribution in [2.75, 3.05) is 41.0 Å². The number of aromatic hydroxyl groups is 1. The van der Waals surface area contributed by atoms with Crippen LogP contribution < -0.4 is 14.9 Å². The first-order valence-corrected chi connectivity index (χ1v) is 11.4. The molecule has 0 aliphatic carbocycles. The molecule has 10 heteroatoms. The van der Waals surface area contributed by atoms with Crippen LogP contribution in [-0.2, 0) is 25.6 Å². The second kappa shape index (κ2) is 12.3. The third kappa shape index (κ3) is 6.75. The number of piperidine rings is 1. The quantitative estimate of drug-likeness (QED) is 0.498. The first-order chi connectivity index (χ1) is 16.9. The molecular weight excluding hydrogens is 458 g/mol. The van der Waals surface area contributed by atoms with Crippen molar-refractivity contribution in [1.29, 1.82) is 0 Å². The molecular formula is C25H31NO9. The fourth-order valence-electron chi connectivity index (χ4n) is 4.03. The molecule has 0 amide bonds. The average Bonchev–Trinajstić information content (AvgIpc) is 2.88. The van der Waals surface area contributed by atoms with E-state index in [9.17, 15) is 19.5 Å². The fourth-order valence-corrected chi connectivity index (χ4v) is 4.03. The summed E-state index contributed by atoms with van der Waals surface area (Å²) < 4.78 is 26.3. The molecule has 3 rings (SSSR count). The number of hydrogen-bond acceptors (Lipinski definition) is 10. The molecule has 2 aromatic rings. The van der Waals surface area contributed by atoms with Crippen molar-refractivity contribution in [2.45, 2.75) is 38.1 Å². The van der Waals surface area contributed by atoms with Crippen molar-refractivity contribution in [3.8, 4) is 17.2 Å². The Morgan fingerprint density at radius 1 is 1.03 bits per heavy atom. The molecule has 0 spiro atoms. The van der Waals surface area contributed by atoms with Crippen LogP contribution >= 0.6 is 0 Å². The number of esters is 2. The Bertz CT molecular complexity index is 1090. The lowest BCUT2D eigenvalue weighted by molar-refractivity contribution is -0.143. The van der Waals surface area contributed by atoms with E-state index in [0.717, 1.165) is 25.9 Å². The number of likely N-dealkylation sites (tertiary alicyclic amines) is 1. The monoisotopic (exact) mass is 489 g/mol. The third-order valence-electron chi connectivity index (χ3n) is 5.91. The molecule has 10 nitrogen and oxygen atoms in total. The summed E-state index contributed by atoms with van der Waals surface area (Å²) >= 11 is 0. The average molecular weight is 490 g/mol. The number of benzene rings is 1. The van der Waals surface area contributed by atoms with Gasteiger partial charge in [0.2, 0.25) is 11.2 Å². The number of methoxy groups -OCH3 is 3. The van der Waals surface area contributed by atoms with E-state index in [-0.39, 0.29) is 30.3 Å². The van der Waals surface area contributed by atoms with Gasteiger partial charge in [0.15, 0.2) is 23.9 Å². The lowest BCUT2D eigenvalue weighted by Crippen LogP contribution is -2.29. The van der Waals surface area contributed by atoms with Crippen molar-refractivity contribution in [1.82, 2.24) is 4.90 Å². The van der Waals surface area contributed by atoms with Gasteiger partial charge in [-0.05, 0) is 43.6 Å². The Hall–Kier alpha value is -3.53. The van der Waals surface area contributed by atoms with Gasteiger partial charge in [-0.1, -0.05) is 12.5 Å². The van der Waals surface area contributed by atoms with Gasteiger partial charge in [-0.15, -0.1) is 0 Å². The van der Waals surface area contributed by atoms with Crippen LogP contribution in [0.5, 0.6) is 17.2 Å². The van der Waals surface area contributed by atoms with Crippen molar-refractivity contribution in [3.63, 3.8) is 0 Å². The van der Waals surface area contributed by atoms with Gasteiger partial charge in [0.25, 0.3) is 0 Å². The van der Waals surface area contributed by atoms with Crippen LogP contribution in [0.25, 0.3) is 0 Å². The van der Waals surface area contributed by atoms with Crippen LogP contribution in [0.3, 0.4) is 0 Å². The Kier molecular flexibility index (Phi) is 9.13. The summed E-state index contributed by atoms with van der Waals surface area (Å²) in [4.78, 5) is 38.5. The molecule has 0 saturated carbocycles. The van der Waals surface area contributed by atoms with Gasteiger partial charge >= 0.3 is 11.9 Å². The highest BCUT2D eigenvalue weighted by atomic mass is 16.6. The molecule has 1 aliphatic heterocycles. The molecule has 1 atom stereocenters. The molecule has 0 radical (unpaired) electrons. The van der Waals surface area contributed by atoms with E-state index in [0.29, 0.717) is 17.9 Å². The van der Waals surface area contributed by atoms with Gasteiger partial charge in [0.1, 0.15) is 5.76 Å². The summed E-state index contributed by atoms with van der Waals surface area (Å²) in [6.45, 7) is 1.91. The number of carbonyl (C=O) groups is 2. The number of carbonyl (C=O) groups excluding carboxylic acids is 2. The summed E-state index contributed by atoms with van der Waals surface area (Å²) in [6.07, 6.45) is 3.13. The highest BCUT2D eigenvalue weighted by molar-refractivity contribution is 5.72. The van der Waals surface area contributed by atoms with Crippen LogP contribution in [0.15, 0.2) is 33.5 Å². The number of ether oxygens (including phenoxy) is 4. The summed E-state index contributed by atoms with van der Waals surface area (Å²) in [7, 11) is 3.94. The Morgan fingerprint density at radius 2 is 1.74 bits per heavy atom. The zero-order valence-electron chi connectivity index (χ0n) is 20.2. The summed E-state index contributed by atoms with van der Waals surface area (Å²) in [5.74, 6) is -1.56. The van der Waals surface area contributed by atoms with Crippen LogP contribution in [-0.4, -0.2) is 63.0 Å². The smallest absolute Gasteiger partial charge is 0.343 e. The molecule has 1 fully saturated rings. The second-order valence-corrected chi connectivity index (χ2v) is 8.23. The summed E-state index contributed by atoms with van der Waals surface area (Å²) in [5, 5.41) is 10.6. The number of nitrogens with zero attached hydrogens (tertiary/aromatic N) is 1. The van der Waals surface area contributed by atoms with E-state index < -0.39 is 29.0 Å². The first kappa shape index (κ1) is 26.1. The minimum absolute atomic E-state index is 0.0276. The van der Waals surface area contributed by atoms with E-state index in [1.165, 1.54) is 33.8 Å². The molecule has 1 aliphatic rings. The molecule has 1 N–H and O–H groups in total. The van der Waals surface area contributed by atoms with Gasteiger partial charge < -0.3 is 28.5 Å². The van der Waals surface area contributed by atoms with Crippen LogP contribution in [0.1, 0.15) is 48.7 Å². The maximum atomic E-state index is 12.6. The molecule has 1 saturated heterocycles. The molecule has 35 heavy (non-hydrogen) atoms. The lowest BCUT2D eigenvalue weighted by atomic mass is 9.91. The Balaban J connectivity index is 1.99. The van der Waals surface area contributed by atoms with E-state index >= 15 is 0 Å². The molecule has 1 aromatic heterocycles. The number of hydrogen-bond donors (Lipinski definition) is 1. The van der Waals surface area contributed by atoms with E-state index in [2.05, 4.69) is 9.64 Å². The van der Waals surface area contributed by atoms with Gasteiger partial charge in [-0.3, -0.25) is 14.5 Å². The van der Waals surface area contributed by atoms with Gasteiger partial charge in [-0.25, -0.2) is 4.79 Å². The standard InChI is InChI=1S/C25H31NO9/c1-31-21-11-16(7-8-20(21)34-15-23(29)33-3)18(13-22(28)32-2)25-24(30)19(27)12-17(35-25)14-26-9-5-4-6-10-26/h7-8,11-12,18,30H,4-6,9-10,13-15H2,1-3H3/t18-/m0/s1. The van der Waals surface area contributed by atoms with Crippen LogP contribution in [0.4, 0.5) is 0 Å². The molecule has 0 bridgehead atoms. The van der Waals surface area contributed by atoms with Crippen molar-refractivity contribution < 1.29 is 38.1 Å². The molecule has 190 valence electrons. The molecule has 2 heterocycles. The first-order valence-electron chi connectivity index (χ1n) is 11.4. The predicted octanol–water partition coefficient (Wildman–Crippen LogP) is 2.59. The largest absolute Gasteiger partial charge is 0.502 e. The summed E-state index contributed by atoms with van der Waals surface area (Å²) in [6, 6.07) is 6.08. The maximum absolute atomic E-state index is 12.6. The van der Waals surface area contributed by atoms with E-state index in [1.54, 1.807) is 18.2 Å². The Labute approximate surface area is 203 Å². The highest BCUT2D eigenvalue weighted by Gasteiger charge is 2.28. The predicted molar refractivity (Wildman–Crippen MR) is 125 cm³/mol. The van der Waals surface area contributed by atoms with Crippen LogP contribution in [0.2, 0.25) is 0 Å². The molecule has 1 aromatic carbocycles. The molecule has 0 unspecified atom stereocenters. The van der Waals surface area contributed by atoms with Gasteiger partial charge in [0, 0.05) is 6.07 Å². The van der Waals surface area contributed by atoms with Gasteiger partial charge in [0.05, 0.1) is 40.2 Å². The van der Waals surface area contributed by atoms with Crippen LogP contribution in [0, 0.1) is 0 Å². The zero-order valence-corrected chi connectivity index (χ0v) is 20.2. The topological polar surface area (TPSA) is 125 Å². The Morgan fingerprint density at radius 3 is 2.40 bits per heavy atom. The zero-order chi connectivity index (χ0) is 25.4. The maximum Gasteiger partial charge on any atom is 0.343 e. The lowest BCUT2D eigenvalue weighted by Gasteiger charge is -2.26. The summed E-state index contributed by atoms with van der Waals surface area (Å²) in [5.41, 5.74) is -0.0654. The van der Waals surface area contributed by atoms with Crippen molar-refractivity contribution in [3.05, 3.63) is 51.6 Å². The van der Waals surface area contributed by atoms with E-state index in [4.69, 9.17) is 18.6 Å². The van der Waals surface area contributed by atoms with Crippen molar-refractivity contribution in [2.24, 2.45) is 0 Å². The number of rotatable bonds is 10.